The number of carbonyl (C=O) groups is 2. The van der Waals surface area contributed by atoms with Crippen molar-refractivity contribution in [3.05, 3.63) is 45.6 Å². The average molecular weight is 361 g/mol. The molecule has 0 saturated carbocycles. The number of hydrogen-bond donors (Lipinski definition) is 0. The van der Waals surface area contributed by atoms with E-state index in [1.54, 1.807) is 34.4 Å². The van der Waals surface area contributed by atoms with Crippen LogP contribution in [-0.2, 0) is 16.0 Å². The number of nitrogens with zero attached hydrogens (tertiary/aromatic N) is 1. The van der Waals surface area contributed by atoms with Crippen LogP contribution in [0.4, 0.5) is 0 Å². The third kappa shape index (κ3) is 3.19. The molecule has 1 unspecified atom stereocenters. The maximum Gasteiger partial charge on any atom is 0.333 e. The zero-order valence-corrected chi connectivity index (χ0v) is 15.1. The van der Waals surface area contributed by atoms with Gasteiger partial charge in [-0.1, -0.05) is 0 Å². The van der Waals surface area contributed by atoms with Crippen LogP contribution in [0.2, 0.25) is 0 Å². The highest BCUT2D eigenvalue weighted by Gasteiger charge is 2.38. The van der Waals surface area contributed by atoms with E-state index in [0.29, 0.717) is 30.0 Å². The highest BCUT2D eigenvalue weighted by Crippen LogP contribution is 2.35. The van der Waals surface area contributed by atoms with Gasteiger partial charge in [0.05, 0.1) is 21.3 Å². The van der Waals surface area contributed by atoms with E-state index in [2.05, 4.69) is 0 Å². The number of fused-ring (bicyclic) bond motifs is 1. The van der Waals surface area contributed by atoms with E-state index < -0.39 is 12.0 Å². The van der Waals surface area contributed by atoms with Gasteiger partial charge >= 0.3 is 5.97 Å². The van der Waals surface area contributed by atoms with Crippen molar-refractivity contribution in [2.24, 2.45) is 0 Å². The van der Waals surface area contributed by atoms with Crippen molar-refractivity contribution in [2.45, 2.75) is 12.5 Å². The molecular weight excluding hydrogens is 342 g/mol. The molecule has 25 heavy (non-hydrogen) atoms. The van der Waals surface area contributed by atoms with Crippen molar-refractivity contribution in [3.8, 4) is 11.5 Å². The summed E-state index contributed by atoms with van der Waals surface area (Å²) >= 11 is 1.59. The number of rotatable bonds is 4. The molecule has 2 aromatic rings. The summed E-state index contributed by atoms with van der Waals surface area (Å²) in [6.45, 7) is 0.450. The standard InChI is InChI=1S/C18H19NO5S/c1-22-12-8-11(9-13(10-12)23-2)17(20)19-6-4-15-14(5-7-25-15)16(19)18(21)24-3/h5,7-10,16H,4,6H2,1-3H3. The van der Waals surface area contributed by atoms with Crippen LogP contribution in [0.15, 0.2) is 29.6 Å². The zero-order chi connectivity index (χ0) is 18.0. The first-order valence-corrected chi connectivity index (χ1v) is 8.65. The second kappa shape index (κ2) is 7.14. The number of carbonyl (C=O) groups excluding carboxylic acids is 2. The Morgan fingerprint density at radius 3 is 2.40 bits per heavy atom. The molecule has 1 aromatic heterocycles. The molecule has 7 heteroatoms. The quantitative estimate of drug-likeness (QED) is 0.784. The summed E-state index contributed by atoms with van der Waals surface area (Å²) in [5, 5.41) is 1.93. The first kappa shape index (κ1) is 17.3. The van der Waals surface area contributed by atoms with Crippen LogP contribution in [-0.4, -0.2) is 44.7 Å². The van der Waals surface area contributed by atoms with Gasteiger partial charge in [0.25, 0.3) is 5.91 Å². The van der Waals surface area contributed by atoms with Gasteiger partial charge in [0.1, 0.15) is 11.5 Å². The molecule has 6 nitrogen and oxygen atoms in total. The van der Waals surface area contributed by atoms with Crippen LogP contribution in [0.3, 0.4) is 0 Å². The lowest BCUT2D eigenvalue weighted by atomic mass is 9.98. The average Bonchev–Trinajstić information content (AvgIpc) is 3.14. The van der Waals surface area contributed by atoms with Crippen molar-refractivity contribution < 1.29 is 23.8 Å². The fraction of sp³-hybridized carbons (Fsp3) is 0.333. The number of benzene rings is 1. The first-order valence-electron chi connectivity index (χ1n) is 7.77. The molecule has 0 fully saturated rings. The maximum atomic E-state index is 13.1. The number of hydrogen-bond acceptors (Lipinski definition) is 6. The lowest BCUT2D eigenvalue weighted by Crippen LogP contribution is -2.43. The van der Waals surface area contributed by atoms with E-state index >= 15 is 0 Å². The minimum Gasteiger partial charge on any atom is -0.497 e. The van der Waals surface area contributed by atoms with Crippen molar-refractivity contribution in [1.29, 1.82) is 0 Å². The number of amides is 1. The number of thiophene rings is 1. The fourth-order valence-electron chi connectivity index (χ4n) is 3.00. The van der Waals surface area contributed by atoms with Crippen molar-refractivity contribution >= 4 is 23.2 Å². The summed E-state index contributed by atoms with van der Waals surface area (Å²) in [5.74, 6) is 0.336. The number of esters is 1. The van der Waals surface area contributed by atoms with E-state index in [1.807, 2.05) is 11.4 Å². The van der Waals surface area contributed by atoms with Gasteiger partial charge in [-0.15, -0.1) is 11.3 Å². The minimum absolute atomic E-state index is 0.260. The molecule has 1 aliphatic rings. The summed E-state index contributed by atoms with van der Waals surface area (Å²) < 4.78 is 15.4. The Labute approximate surface area is 149 Å². The second-order valence-corrected chi connectivity index (χ2v) is 6.58. The van der Waals surface area contributed by atoms with Crippen LogP contribution in [0.1, 0.15) is 26.8 Å². The molecule has 1 aliphatic heterocycles. The molecule has 1 aromatic carbocycles. The van der Waals surface area contributed by atoms with Gasteiger partial charge in [-0.2, -0.15) is 0 Å². The Morgan fingerprint density at radius 1 is 1.12 bits per heavy atom. The molecule has 132 valence electrons. The molecule has 0 radical (unpaired) electrons. The van der Waals surface area contributed by atoms with E-state index in [-0.39, 0.29) is 5.91 Å². The normalized spacial score (nSPS) is 16.1. The van der Waals surface area contributed by atoms with Gasteiger partial charge < -0.3 is 19.1 Å². The number of ether oxygens (including phenoxy) is 3. The van der Waals surface area contributed by atoms with Gasteiger partial charge in [-0.3, -0.25) is 4.79 Å². The second-order valence-electron chi connectivity index (χ2n) is 5.57. The molecule has 2 heterocycles. The topological polar surface area (TPSA) is 65.1 Å². The predicted molar refractivity (Wildman–Crippen MR) is 93.4 cm³/mol. The highest BCUT2D eigenvalue weighted by atomic mass is 32.1. The highest BCUT2D eigenvalue weighted by molar-refractivity contribution is 7.10. The van der Waals surface area contributed by atoms with Crippen LogP contribution < -0.4 is 9.47 Å². The van der Waals surface area contributed by atoms with E-state index in [4.69, 9.17) is 14.2 Å². The van der Waals surface area contributed by atoms with Gasteiger partial charge in [-0.05, 0) is 35.6 Å². The van der Waals surface area contributed by atoms with Crippen LogP contribution in [0.5, 0.6) is 11.5 Å². The van der Waals surface area contributed by atoms with Crippen molar-refractivity contribution in [1.82, 2.24) is 4.90 Å². The van der Waals surface area contributed by atoms with E-state index in [9.17, 15) is 9.59 Å². The third-order valence-electron chi connectivity index (χ3n) is 4.25. The molecule has 0 aliphatic carbocycles. The molecule has 0 saturated heterocycles. The summed E-state index contributed by atoms with van der Waals surface area (Å²) in [7, 11) is 4.39. The smallest absolute Gasteiger partial charge is 0.333 e. The molecular formula is C18H19NO5S. The Bertz CT molecular complexity index is 778. The monoisotopic (exact) mass is 361 g/mol. The molecule has 1 amide bonds. The Morgan fingerprint density at radius 2 is 1.80 bits per heavy atom. The van der Waals surface area contributed by atoms with Crippen molar-refractivity contribution in [3.63, 3.8) is 0 Å². The summed E-state index contributed by atoms with van der Waals surface area (Å²) in [5.41, 5.74) is 1.25. The lowest BCUT2D eigenvalue weighted by molar-refractivity contribution is -0.146. The van der Waals surface area contributed by atoms with Gasteiger partial charge in [0.2, 0.25) is 0 Å². The molecule has 0 bridgehead atoms. The lowest BCUT2D eigenvalue weighted by Gasteiger charge is -2.34. The number of methoxy groups -OCH3 is 3. The van der Waals surface area contributed by atoms with Gasteiger partial charge in [-0.25, -0.2) is 4.79 Å². The Kier molecular flexibility index (Phi) is 4.94. The zero-order valence-electron chi connectivity index (χ0n) is 14.3. The largest absolute Gasteiger partial charge is 0.497 e. The molecule has 3 rings (SSSR count). The van der Waals surface area contributed by atoms with Crippen LogP contribution in [0, 0.1) is 0 Å². The Balaban J connectivity index is 2.00. The SMILES string of the molecule is COC(=O)C1c2ccsc2CCN1C(=O)c1cc(OC)cc(OC)c1. The molecule has 1 atom stereocenters. The van der Waals surface area contributed by atoms with E-state index in [1.165, 1.54) is 21.3 Å². The molecule has 0 spiro atoms. The summed E-state index contributed by atoms with van der Waals surface area (Å²) in [6.07, 6.45) is 0.716. The van der Waals surface area contributed by atoms with Gasteiger partial charge in [0, 0.05) is 23.1 Å². The fourth-order valence-corrected chi connectivity index (χ4v) is 3.90. The van der Waals surface area contributed by atoms with Crippen LogP contribution in [0.25, 0.3) is 0 Å². The minimum atomic E-state index is -0.732. The predicted octanol–water partition coefficient (Wildman–Crippen LogP) is 2.68. The Hall–Kier alpha value is -2.54. The van der Waals surface area contributed by atoms with Gasteiger partial charge in [0.15, 0.2) is 6.04 Å². The van der Waals surface area contributed by atoms with Crippen LogP contribution >= 0.6 is 11.3 Å². The summed E-state index contributed by atoms with van der Waals surface area (Å²) in [6, 6.07) is 6.13. The summed E-state index contributed by atoms with van der Waals surface area (Å²) in [4.78, 5) is 28.1. The third-order valence-corrected chi connectivity index (χ3v) is 5.25. The van der Waals surface area contributed by atoms with Crippen molar-refractivity contribution in [2.75, 3.05) is 27.9 Å². The molecule has 0 N–H and O–H groups in total. The maximum absolute atomic E-state index is 13.1. The van der Waals surface area contributed by atoms with E-state index in [0.717, 1.165) is 10.4 Å². The first-order chi connectivity index (χ1) is 12.1.